The number of nitrogens with zero attached hydrogens (tertiary/aromatic N) is 4. The molecule has 0 fully saturated rings. The zero-order valence-corrected chi connectivity index (χ0v) is 14.0. The summed E-state index contributed by atoms with van der Waals surface area (Å²) in [6.45, 7) is 3.79. The van der Waals surface area contributed by atoms with E-state index < -0.39 is 0 Å². The number of hydrogen-bond acceptors (Lipinski definition) is 3. The Kier molecular flexibility index (Phi) is 3.60. The van der Waals surface area contributed by atoms with Gasteiger partial charge in [-0.1, -0.05) is 18.2 Å². The number of carbonyl (C=O) groups is 1. The molecule has 1 unspecified atom stereocenters. The van der Waals surface area contributed by atoms with Crippen molar-refractivity contribution in [3.05, 3.63) is 71.6 Å². The molecule has 1 aromatic heterocycles. The van der Waals surface area contributed by atoms with Crippen LogP contribution in [0.4, 0.5) is 10.1 Å². The molecule has 1 aliphatic rings. The lowest BCUT2D eigenvalue weighted by molar-refractivity contribution is 0.0971. The van der Waals surface area contributed by atoms with E-state index in [2.05, 4.69) is 10.1 Å². The number of carbonyl (C=O) groups excluding carboxylic acids is 1. The van der Waals surface area contributed by atoms with Gasteiger partial charge >= 0.3 is 0 Å². The number of aryl methyl sites for hydroxylation is 1. The first-order valence-corrected chi connectivity index (χ1v) is 8.15. The first-order valence-electron chi connectivity index (χ1n) is 8.15. The molecule has 0 saturated carbocycles. The molecule has 0 aliphatic carbocycles. The molecule has 2 heterocycles. The van der Waals surface area contributed by atoms with Crippen LogP contribution in [-0.4, -0.2) is 26.7 Å². The summed E-state index contributed by atoms with van der Waals surface area (Å²) in [4.78, 5) is 19.1. The highest BCUT2D eigenvalue weighted by molar-refractivity contribution is 6.05. The molecule has 6 heteroatoms. The molecule has 1 amide bonds. The maximum absolute atomic E-state index is 13.1. The van der Waals surface area contributed by atoms with Crippen molar-refractivity contribution >= 4 is 11.6 Å². The Balaban J connectivity index is 1.70. The van der Waals surface area contributed by atoms with Crippen molar-refractivity contribution in [1.82, 2.24) is 14.8 Å². The molecule has 0 N–H and O–H groups in total. The van der Waals surface area contributed by atoms with Crippen LogP contribution in [0.5, 0.6) is 0 Å². The summed E-state index contributed by atoms with van der Waals surface area (Å²) >= 11 is 0. The number of benzene rings is 2. The third-order valence-corrected chi connectivity index (χ3v) is 4.46. The van der Waals surface area contributed by atoms with Gasteiger partial charge in [-0.15, -0.1) is 5.10 Å². The second-order valence-corrected chi connectivity index (χ2v) is 6.23. The van der Waals surface area contributed by atoms with E-state index >= 15 is 0 Å². The van der Waals surface area contributed by atoms with E-state index in [0.29, 0.717) is 11.5 Å². The Morgan fingerprint density at radius 2 is 1.88 bits per heavy atom. The minimum Gasteiger partial charge on any atom is -0.302 e. The van der Waals surface area contributed by atoms with E-state index in [-0.39, 0.29) is 23.6 Å². The molecule has 25 heavy (non-hydrogen) atoms. The Labute approximate surface area is 144 Å². The summed E-state index contributed by atoms with van der Waals surface area (Å²) in [6.07, 6.45) is 0.819. The lowest BCUT2D eigenvalue weighted by atomic mass is 10.1. The van der Waals surface area contributed by atoms with E-state index in [1.54, 1.807) is 28.6 Å². The molecule has 0 bridgehead atoms. The molecule has 5 nitrogen and oxygen atoms in total. The zero-order valence-electron chi connectivity index (χ0n) is 14.0. The minimum absolute atomic E-state index is 0.0583. The number of rotatable bonds is 2. The predicted octanol–water partition coefficient (Wildman–Crippen LogP) is 3.31. The quantitative estimate of drug-likeness (QED) is 0.721. The first-order chi connectivity index (χ1) is 12.0. The topological polar surface area (TPSA) is 51.0 Å². The summed E-state index contributed by atoms with van der Waals surface area (Å²) in [5, 5.41) is 4.35. The van der Waals surface area contributed by atoms with Crippen LogP contribution in [0.15, 0.2) is 48.5 Å². The highest BCUT2D eigenvalue weighted by Gasteiger charge is 2.33. The largest absolute Gasteiger partial charge is 0.302 e. The third-order valence-electron chi connectivity index (χ3n) is 4.46. The number of amides is 1. The average molecular weight is 336 g/mol. The van der Waals surface area contributed by atoms with Crippen molar-refractivity contribution in [2.24, 2.45) is 0 Å². The van der Waals surface area contributed by atoms with Gasteiger partial charge < -0.3 is 4.90 Å². The van der Waals surface area contributed by atoms with Crippen LogP contribution >= 0.6 is 0 Å². The van der Waals surface area contributed by atoms with Gasteiger partial charge in [0.15, 0.2) is 0 Å². The molecule has 0 saturated heterocycles. The third kappa shape index (κ3) is 2.59. The van der Waals surface area contributed by atoms with E-state index in [4.69, 9.17) is 0 Å². The van der Waals surface area contributed by atoms with Crippen LogP contribution in [0, 0.1) is 12.7 Å². The van der Waals surface area contributed by atoms with Gasteiger partial charge in [-0.25, -0.2) is 14.1 Å². The number of anilines is 1. The average Bonchev–Trinajstić information content (AvgIpc) is 3.14. The van der Waals surface area contributed by atoms with Gasteiger partial charge in [-0.3, -0.25) is 4.79 Å². The van der Waals surface area contributed by atoms with Gasteiger partial charge in [-0.2, -0.15) is 0 Å². The minimum atomic E-state index is -0.319. The fourth-order valence-corrected chi connectivity index (χ4v) is 3.29. The number of halogens is 1. The standard InChI is InChI=1S/C19H17FN4O/c1-12-11-14-5-3-4-6-17(14)23(12)19(25)18-21-13(2)24(22-18)16-9-7-15(20)8-10-16/h3-10,12H,11H2,1-2H3. The van der Waals surface area contributed by atoms with Crippen molar-refractivity contribution in [1.29, 1.82) is 0 Å². The van der Waals surface area contributed by atoms with Gasteiger partial charge in [-0.05, 0) is 56.2 Å². The summed E-state index contributed by atoms with van der Waals surface area (Å²) in [5.74, 6) is 0.183. The van der Waals surface area contributed by atoms with Gasteiger partial charge in [0.25, 0.3) is 5.91 Å². The van der Waals surface area contributed by atoms with Crippen LogP contribution in [0.25, 0.3) is 5.69 Å². The molecule has 1 aliphatic heterocycles. The molecule has 0 spiro atoms. The Morgan fingerprint density at radius 3 is 2.64 bits per heavy atom. The second-order valence-electron chi connectivity index (χ2n) is 6.23. The molecule has 0 radical (unpaired) electrons. The van der Waals surface area contributed by atoms with Crippen molar-refractivity contribution in [2.45, 2.75) is 26.3 Å². The van der Waals surface area contributed by atoms with Crippen molar-refractivity contribution in [3.63, 3.8) is 0 Å². The highest BCUT2D eigenvalue weighted by Crippen LogP contribution is 2.32. The Morgan fingerprint density at radius 1 is 1.16 bits per heavy atom. The summed E-state index contributed by atoms with van der Waals surface area (Å²) in [6, 6.07) is 13.9. The molecule has 126 valence electrons. The fraction of sp³-hybridized carbons (Fsp3) is 0.211. The predicted molar refractivity (Wildman–Crippen MR) is 92.5 cm³/mol. The highest BCUT2D eigenvalue weighted by atomic mass is 19.1. The van der Waals surface area contributed by atoms with Gasteiger partial charge in [0.05, 0.1) is 5.69 Å². The molecular weight excluding hydrogens is 319 g/mol. The van der Waals surface area contributed by atoms with Crippen LogP contribution in [0.1, 0.15) is 28.9 Å². The lowest BCUT2D eigenvalue weighted by Gasteiger charge is -2.20. The van der Waals surface area contributed by atoms with E-state index in [1.165, 1.54) is 12.1 Å². The number of fused-ring (bicyclic) bond motifs is 1. The summed E-state index contributed by atoms with van der Waals surface area (Å²) < 4.78 is 14.7. The lowest BCUT2D eigenvalue weighted by Crippen LogP contribution is -2.36. The molecular formula is C19H17FN4O. The first kappa shape index (κ1) is 15.5. The van der Waals surface area contributed by atoms with Crippen LogP contribution < -0.4 is 4.90 Å². The SMILES string of the molecule is Cc1nc(C(=O)N2c3ccccc3CC2C)nn1-c1ccc(F)cc1. The molecule has 1 atom stereocenters. The maximum Gasteiger partial charge on any atom is 0.298 e. The van der Waals surface area contributed by atoms with Gasteiger partial charge in [0.1, 0.15) is 11.6 Å². The maximum atomic E-state index is 13.1. The smallest absolute Gasteiger partial charge is 0.298 e. The zero-order chi connectivity index (χ0) is 17.6. The fourth-order valence-electron chi connectivity index (χ4n) is 3.29. The number of para-hydroxylation sites is 1. The van der Waals surface area contributed by atoms with Gasteiger partial charge in [0.2, 0.25) is 5.82 Å². The second kappa shape index (κ2) is 5.81. The molecule has 3 aromatic rings. The number of aromatic nitrogens is 3. The molecule has 4 rings (SSSR count). The molecule has 2 aromatic carbocycles. The van der Waals surface area contributed by atoms with Crippen LogP contribution in [0.3, 0.4) is 0 Å². The summed E-state index contributed by atoms with van der Waals surface area (Å²) in [5.41, 5.74) is 2.73. The van der Waals surface area contributed by atoms with E-state index in [0.717, 1.165) is 17.7 Å². The van der Waals surface area contributed by atoms with Crippen molar-refractivity contribution in [2.75, 3.05) is 4.90 Å². The van der Waals surface area contributed by atoms with Crippen LogP contribution in [-0.2, 0) is 6.42 Å². The Bertz CT molecular complexity index is 948. The van der Waals surface area contributed by atoms with Crippen LogP contribution in [0.2, 0.25) is 0 Å². The normalized spacial score (nSPS) is 16.1. The van der Waals surface area contributed by atoms with Gasteiger partial charge in [0, 0.05) is 11.7 Å². The number of hydrogen-bond donors (Lipinski definition) is 0. The van der Waals surface area contributed by atoms with Crippen molar-refractivity contribution < 1.29 is 9.18 Å². The Hall–Kier alpha value is -3.02. The summed E-state index contributed by atoms with van der Waals surface area (Å²) in [7, 11) is 0. The van der Waals surface area contributed by atoms with E-state index in [1.807, 2.05) is 31.2 Å². The van der Waals surface area contributed by atoms with E-state index in [9.17, 15) is 9.18 Å². The van der Waals surface area contributed by atoms with Crippen molar-refractivity contribution in [3.8, 4) is 5.69 Å². The monoisotopic (exact) mass is 336 g/mol.